The van der Waals surface area contributed by atoms with Gasteiger partial charge in [-0.05, 0) is 36.4 Å². The van der Waals surface area contributed by atoms with E-state index in [9.17, 15) is 9.18 Å². The molecule has 0 spiro atoms. The second kappa shape index (κ2) is 6.11. The molecule has 0 aromatic heterocycles. The number of hydrogen-bond donors (Lipinski definition) is 1. The minimum Gasteiger partial charge on any atom is -0.488 e. The van der Waals surface area contributed by atoms with Crippen LogP contribution >= 0.6 is 23.2 Å². The third kappa shape index (κ3) is 3.40. The van der Waals surface area contributed by atoms with Crippen LogP contribution in [0.1, 0.15) is 15.9 Å². The lowest BCUT2D eigenvalue weighted by atomic mass is 10.2. The predicted octanol–water partition coefficient (Wildman–Crippen LogP) is 4.41. The van der Waals surface area contributed by atoms with Crippen molar-refractivity contribution < 1.29 is 19.0 Å². The van der Waals surface area contributed by atoms with Crippen molar-refractivity contribution >= 4 is 29.2 Å². The van der Waals surface area contributed by atoms with Crippen molar-refractivity contribution in [1.29, 1.82) is 0 Å². The van der Waals surface area contributed by atoms with Crippen molar-refractivity contribution in [2.24, 2.45) is 0 Å². The van der Waals surface area contributed by atoms with Crippen LogP contribution in [0.5, 0.6) is 5.75 Å². The van der Waals surface area contributed by atoms with Gasteiger partial charge in [0.05, 0.1) is 0 Å². The minimum absolute atomic E-state index is 0.0446. The van der Waals surface area contributed by atoms with Crippen LogP contribution in [0.15, 0.2) is 36.4 Å². The highest BCUT2D eigenvalue weighted by Crippen LogP contribution is 2.25. The molecule has 0 unspecified atom stereocenters. The highest BCUT2D eigenvalue weighted by Gasteiger charge is 2.13. The molecular formula is C14H9Cl2FO3. The summed E-state index contributed by atoms with van der Waals surface area (Å²) >= 11 is 11.6. The van der Waals surface area contributed by atoms with Gasteiger partial charge in [0.1, 0.15) is 23.7 Å². The summed E-state index contributed by atoms with van der Waals surface area (Å²) in [6.07, 6.45) is 0. The Morgan fingerprint density at radius 1 is 1.15 bits per heavy atom. The van der Waals surface area contributed by atoms with Gasteiger partial charge in [-0.1, -0.05) is 23.2 Å². The molecule has 6 heteroatoms. The van der Waals surface area contributed by atoms with E-state index in [4.69, 9.17) is 33.0 Å². The molecule has 20 heavy (non-hydrogen) atoms. The fourth-order valence-electron chi connectivity index (χ4n) is 1.60. The summed E-state index contributed by atoms with van der Waals surface area (Å²) in [7, 11) is 0. The molecule has 0 bridgehead atoms. The summed E-state index contributed by atoms with van der Waals surface area (Å²) in [6, 6.07) is 8.20. The van der Waals surface area contributed by atoms with Crippen molar-refractivity contribution in [3.05, 3.63) is 63.4 Å². The number of aromatic carboxylic acids is 1. The number of carbonyl (C=O) groups is 1. The van der Waals surface area contributed by atoms with Gasteiger partial charge >= 0.3 is 5.97 Å². The molecule has 0 aliphatic heterocycles. The maximum Gasteiger partial charge on any atom is 0.339 e. The van der Waals surface area contributed by atoms with Crippen molar-refractivity contribution in [3.8, 4) is 5.75 Å². The molecule has 0 aliphatic rings. The Morgan fingerprint density at radius 3 is 2.50 bits per heavy atom. The summed E-state index contributed by atoms with van der Waals surface area (Å²) in [5.41, 5.74) is 0.186. The third-order valence-corrected chi connectivity index (χ3v) is 3.04. The average Bonchev–Trinajstić information content (AvgIpc) is 2.39. The topological polar surface area (TPSA) is 46.5 Å². The standard InChI is InChI=1S/C14H9Cl2FO3/c15-9-2-4-12(17)8(5-9)7-20-13-6-10(16)1-3-11(13)14(18)19/h1-6H,7H2,(H,18,19). The number of ether oxygens (including phenoxy) is 1. The first-order valence-electron chi connectivity index (χ1n) is 5.57. The Bertz CT molecular complexity index is 659. The van der Waals surface area contributed by atoms with Crippen LogP contribution < -0.4 is 4.74 Å². The number of rotatable bonds is 4. The summed E-state index contributed by atoms with van der Waals surface area (Å²) in [4.78, 5) is 11.0. The fraction of sp³-hybridized carbons (Fsp3) is 0.0714. The quantitative estimate of drug-likeness (QED) is 0.909. The van der Waals surface area contributed by atoms with Gasteiger partial charge in [0.2, 0.25) is 0 Å². The molecule has 1 N–H and O–H groups in total. The summed E-state index contributed by atoms with van der Waals surface area (Å²) in [6.45, 7) is -0.146. The molecule has 0 fully saturated rings. The molecule has 104 valence electrons. The van der Waals surface area contributed by atoms with Crippen molar-refractivity contribution in [2.45, 2.75) is 6.61 Å². The zero-order valence-electron chi connectivity index (χ0n) is 10.1. The maximum atomic E-state index is 13.5. The van der Waals surface area contributed by atoms with E-state index in [0.717, 1.165) is 0 Å². The zero-order chi connectivity index (χ0) is 14.7. The molecular weight excluding hydrogens is 306 g/mol. The molecule has 2 aromatic rings. The number of benzene rings is 2. The van der Waals surface area contributed by atoms with E-state index in [-0.39, 0.29) is 23.5 Å². The summed E-state index contributed by atoms with van der Waals surface area (Å²) in [5, 5.41) is 9.73. The van der Waals surface area contributed by atoms with Crippen LogP contribution in [0.2, 0.25) is 10.0 Å². The highest BCUT2D eigenvalue weighted by molar-refractivity contribution is 6.31. The van der Waals surface area contributed by atoms with E-state index in [1.807, 2.05) is 0 Å². The lowest BCUT2D eigenvalue weighted by Crippen LogP contribution is -2.04. The lowest BCUT2D eigenvalue weighted by molar-refractivity contribution is 0.0692. The molecule has 0 atom stereocenters. The Kier molecular flexibility index (Phi) is 4.47. The van der Waals surface area contributed by atoms with E-state index in [0.29, 0.717) is 10.0 Å². The predicted molar refractivity (Wildman–Crippen MR) is 74.2 cm³/mol. The smallest absolute Gasteiger partial charge is 0.339 e. The fourth-order valence-corrected chi connectivity index (χ4v) is 1.96. The van der Waals surface area contributed by atoms with Gasteiger partial charge in [-0.2, -0.15) is 0 Å². The van der Waals surface area contributed by atoms with Crippen LogP contribution in [0.25, 0.3) is 0 Å². The first-order chi connectivity index (χ1) is 9.47. The number of carboxylic acids is 1. The van der Waals surface area contributed by atoms with E-state index in [1.54, 1.807) is 0 Å². The number of carboxylic acid groups (broad SMARTS) is 1. The molecule has 0 saturated heterocycles. The molecule has 3 nitrogen and oxygen atoms in total. The summed E-state index contributed by atoms with van der Waals surface area (Å²) in [5.74, 6) is -1.55. The normalized spacial score (nSPS) is 10.3. The van der Waals surface area contributed by atoms with Crippen molar-refractivity contribution in [3.63, 3.8) is 0 Å². The Balaban J connectivity index is 2.24. The Morgan fingerprint density at radius 2 is 1.80 bits per heavy atom. The molecule has 0 aliphatic carbocycles. The van der Waals surface area contributed by atoms with Gasteiger partial charge in [0.15, 0.2) is 0 Å². The molecule has 0 heterocycles. The second-order valence-corrected chi connectivity index (χ2v) is 4.84. The van der Waals surface area contributed by atoms with Crippen LogP contribution in [0.3, 0.4) is 0 Å². The molecule has 0 saturated carbocycles. The largest absolute Gasteiger partial charge is 0.488 e. The molecule has 2 aromatic carbocycles. The second-order valence-electron chi connectivity index (χ2n) is 3.97. The van der Waals surface area contributed by atoms with E-state index in [1.165, 1.54) is 36.4 Å². The Hall–Kier alpha value is -1.78. The van der Waals surface area contributed by atoms with Gasteiger partial charge in [-0.25, -0.2) is 9.18 Å². The number of halogens is 3. The summed E-state index contributed by atoms with van der Waals surface area (Å²) < 4.78 is 18.9. The van der Waals surface area contributed by atoms with Gasteiger partial charge in [-0.3, -0.25) is 0 Å². The molecule has 0 amide bonds. The van der Waals surface area contributed by atoms with E-state index >= 15 is 0 Å². The zero-order valence-corrected chi connectivity index (χ0v) is 11.6. The molecule has 0 radical (unpaired) electrons. The first-order valence-corrected chi connectivity index (χ1v) is 6.32. The van der Waals surface area contributed by atoms with Gasteiger partial charge in [0.25, 0.3) is 0 Å². The lowest BCUT2D eigenvalue weighted by Gasteiger charge is -2.10. The average molecular weight is 315 g/mol. The first kappa shape index (κ1) is 14.6. The number of hydrogen-bond acceptors (Lipinski definition) is 2. The van der Waals surface area contributed by atoms with Crippen LogP contribution in [-0.4, -0.2) is 11.1 Å². The third-order valence-electron chi connectivity index (χ3n) is 2.57. The van der Waals surface area contributed by atoms with Crippen molar-refractivity contribution in [1.82, 2.24) is 0 Å². The Labute approximate surface area is 124 Å². The maximum absolute atomic E-state index is 13.5. The van der Waals surface area contributed by atoms with Gasteiger partial charge < -0.3 is 9.84 Å². The highest BCUT2D eigenvalue weighted by atomic mass is 35.5. The minimum atomic E-state index is -1.15. The van der Waals surface area contributed by atoms with Gasteiger partial charge in [0, 0.05) is 15.6 Å². The van der Waals surface area contributed by atoms with Crippen LogP contribution in [0.4, 0.5) is 4.39 Å². The van der Waals surface area contributed by atoms with E-state index < -0.39 is 11.8 Å². The molecule has 2 rings (SSSR count). The SMILES string of the molecule is O=C(O)c1ccc(Cl)cc1OCc1cc(Cl)ccc1F. The van der Waals surface area contributed by atoms with Gasteiger partial charge in [-0.15, -0.1) is 0 Å². The van der Waals surface area contributed by atoms with Crippen LogP contribution in [0, 0.1) is 5.82 Å². The monoisotopic (exact) mass is 314 g/mol. The van der Waals surface area contributed by atoms with Crippen LogP contribution in [-0.2, 0) is 6.61 Å². The van der Waals surface area contributed by atoms with E-state index in [2.05, 4.69) is 0 Å². The van der Waals surface area contributed by atoms with Crippen molar-refractivity contribution in [2.75, 3.05) is 0 Å².